The van der Waals surface area contributed by atoms with Gasteiger partial charge < -0.3 is 15.5 Å². The van der Waals surface area contributed by atoms with Crippen LogP contribution in [0.15, 0.2) is 48.5 Å². The van der Waals surface area contributed by atoms with Gasteiger partial charge in [0.25, 0.3) is 5.91 Å². The average molecular weight is 406 g/mol. The molecule has 0 saturated carbocycles. The van der Waals surface area contributed by atoms with Gasteiger partial charge in [0.15, 0.2) is 0 Å². The number of hydrogen-bond acceptors (Lipinski definition) is 3. The number of amides is 2. The Kier molecular flexibility index (Phi) is 6.24. The van der Waals surface area contributed by atoms with Gasteiger partial charge in [0.2, 0.25) is 5.91 Å². The van der Waals surface area contributed by atoms with Crippen molar-refractivity contribution < 1.29 is 9.59 Å². The second-order valence-corrected chi connectivity index (χ2v) is 7.36. The van der Waals surface area contributed by atoms with Gasteiger partial charge in [-0.05, 0) is 37.6 Å². The van der Waals surface area contributed by atoms with Crippen molar-refractivity contribution in [3.8, 4) is 0 Å². The summed E-state index contributed by atoms with van der Waals surface area (Å²) in [5.41, 5.74) is 1.29. The Balaban J connectivity index is 1.56. The Morgan fingerprint density at radius 2 is 1.85 bits per heavy atom. The van der Waals surface area contributed by atoms with E-state index in [1.54, 1.807) is 30.0 Å². The summed E-state index contributed by atoms with van der Waals surface area (Å²) >= 11 is 12.0. The summed E-state index contributed by atoms with van der Waals surface area (Å²) in [4.78, 5) is 26.9. The first-order valence-electron chi connectivity index (χ1n) is 8.81. The number of rotatable bonds is 5. The van der Waals surface area contributed by atoms with Crippen molar-refractivity contribution >= 4 is 40.7 Å². The molecule has 0 radical (unpaired) electrons. The van der Waals surface area contributed by atoms with Crippen LogP contribution in [-0.2, 0) is 4.79 Å². The highest BCUT2D eigenvalue weighted by molar-refractivity contribution is 6.43. The first-order chi connectivity index (χ1) is 13.0. The van der Waals surface area contributed by atoms with Crippen molar-refractivity contribution in [2.24, 2.45) is 0 Å². The van der Waals surface area contributed by atoms with Crippen molar-refractivity contribution in [1.29, 1.82) is 0 Å². The van der Waals surface area contributed by atoms with E-state index in [1.165, 1.54) is 0 Å². The van der Waals surface area contributed by atoms with E-state index >= 15 is 0 Å². The monoisotopic (exact) mass is 405 g/mol. The number of para-hydroxylation sites is 1. The lowest BCUT2D eigenvalue weighted by atomic mass is 10.2. The summed E-state index contributed by atoms with van der Waals surface area (Å²) in [5.74, 6) is -0.527. The fourth-order valence-electron chi connectivity index (χ4n) is 3.14. The second-order valence-electron chi connectivity index (χ2n) is 6.58. The van der Waals surface area contributed by atoms with Crippen molar-refractivity contribution in [1.82, 2.24) is 10.2 Å². The minimum atomic E-state index is -0.650. The molecule has 1 heterocycles. The number of nitrogens with one attached hydrogen (secondary N) is 2. The molecule has 2 aromatic carbocycles. The van der Waals surface area contributed by atoms with Crippen LogP contribution in [0.25, 0.3) is 0 Å². The molecule has 2 amide bonds. The fraction of sp³-hybridized carbons (Fsp3) is 0.300. The van der Waals surface area contributed by atoms with Crippen LogP contribution in [0.5, 0.6) is 0 Å². The van der Waals surface area contributed by atoms with Crippen LogP contribution in [-0.4, -0.2) is 41.9 Å². The highest BCUT2D eigenvalue weighted by Crippen LogP contribution is 2.25. The second kappa shape index (κ2) is 8.63. The molecule has 5 nitrogen and oxygen atoms in total. The van der Waals surface area contributed by atoms with E-state index < -0.39 is 11.9 Å². The quantitative estimate of drug-likeness (QED) is 0.794. The third-order valence-electron chi connectivity index (χ3n) is 4.56. The van der Waals surface area contributed by atoms with Gasteiger partial charge in [-0.3, -0.25) is 9.59 Å². The first kappa shape index (κ1) is 19.5. The van der Waals surface area contributed by atoms with Crippen molar-refractivity contribution in [2.75, 3.05) is 18.4 Å². The Hall–Kier alpha value is -2.24. The number of hydrogen-bond donors (Lipinski definition) is 2. The largest absolute Gasteiger partial charge is 0.380 e. The van der Waals surface area contributed by atoms with E-state index in [0.717, 1.165) is 12.1 Å². The molecule has 7 heteroatoms. The molecule has 2 atom stereocenters. The molecule has 1 fully saturated rings. The standard InChI is InChI=1S/C20H21Cl2N3O2/c1-13(23-19(26)16-8-5-9-17(21)18(16)22)20(27)25-11-10-15(12-25)24-14-6-3-2-4-7-14/h2-9,13,15,24H,10-12H2,1H3,(H,23,26). The number of carbonyl (C=O) groups is 2. The van der Waals surface area contributed by atoms with Gasteiger partial charge in [0.05, 0.1) is 15.6 Å². The average Bonchev–Trinajstić information content (AvgIpc) is 3.12. The summed E-state index contributed by atoms with van der Waals surface area (Å²) in [6.07, 6.45) is 0.863. The van der Waals surface area contributed by atoms with Gasteiger partial charge in [0, 0.05) is 24.8 Å². The molecular weight excluding hydrogens is 385 g/mol. The highest BCUT2D eigenvalue weighted by atomic mass is 35.5. The Morgan fingerprint density at radius 1 is 1.11 bits per heavy atom. The SMILES string of the molecule is CC(NC(=O)c1cccc(Cl)c1Cl)C(=O)N1CCC(Nc2ccccc2)C1. The van der Waals surface area contributed by atoms with Crippen LogP contribution in [0.4, 0.5) is 5.69 Å². The zero-order valence-corrected chi connectivity index (χ0v) is 16.4. The van der Waals surface area contributed by atoms with E-state index in [-0.39, 0.29) is 22.5 Å². The lowest BCUT2D eigenvalue weighted by Gasteiger charge is -2.22. The van der Waals surface area contributed by atoms with E-state index in [1.807, 2.05) is 30.3 Å². The number of anilines is 1. The van der Waals surface area contributed by atoms with Crippen molar-refractivity contribution in [2.45, 2.75) is 25.4 Å². The molecule has 3 rings (SSSR count). The predicted molar refractivity (Wildman–Crippen MR) is 108 cm³/mol. The molecule has 27 heavy (non-hydrogen) atoms. The maximum absolute atomic E-state index is 12.7. The van der Waals surface area contributed by atoms with Gasteiger partial charge >= 0.3 is 0 Å². The van der Waals surface area contributed by atoms with Crippen LogP contribution in [0.1, 0.15) is 23.7 Å². The van der Waals surface area contributed by atoms with E-state index in [9.17, 15) is 9.59 Å². The zero-order valence-electron chi connectivity index (χ0n) is 14.9. The van der Waals surface area contributed by atoms with Crippen LogP contribution < -0.4 is 10.6 Å². The molecule has 2 N–H and O–H groups in total. The van der Waals surface area contributed by atoms with Crippen LogP contribution in [0.2, 0.25) is 10.0 Å². The predicted octanol–water partition coefficient (Wildman–Crippen LogP) is 3.82. The summed E-state index contributed by atoms with van der Waals surface area (Å²) < 4.78 is 0. The Bertz CT molecular complexity index is 829. The van der Waals surface area contributed by atoms with Gasteiger partial charge in [-0.2, -0.15) is 0 Å². The zero-order chi connectivity index (χ0) is 19.4. The third kappa shape index (κ3) is 4.73. The van der Waals surface area contributed by atoms with Crippen LogP contribution in [0.3, 0.4) is 0 Å². The van der Waals surface area contributed by atoms with Crippen LogP contribution >= 0.6 is 23.2 Å². The Morgan fingerprint density at radius 3 is 2.59 bits per heavy atom. The normalized spacial score (nSPS) is 17.4. The minimum Gasteiger partial charge on any atom is -0.380 e. The number of halogens is 2. The molecule has 1 aliphatic heterocycles. The topological polar surface area (TPSA) is 61.4 Å². The van der Waals surface area contributed by atoms with Crippen LogP contribution in [0, 0.1) is 0 Å². The summed E-state index contributed by atoms with van der Waals surface area (Å²) in [7, 11) is 0. The fourth-order valence-corrected chi connectivity index (χ4v) is 3.52. The third-order valence-corrected chi connectivity index (χ3v) is 5.38. The van der Waals surface area contributed by atoms with E-state index in [0.29, 0.717) is 18.1 Å². The summed E-state index contributed by atoms with van der Waals surface area (Å²) in [6, 6.07) is 14.3. The lowest BCUT2D eigenvalue weighted by Crippen LogP contribution is -2.46. The molecule has 0 bridgehead atoms. The number of carbonyl (C=O) groups excluding carboxylic acids is 2. The molecule has 1 aliphatic rings. The smallest absolute Gasteiger partial charge is 0.253 e. The number of benzene rings is 2. The summed E-state index contributed by atoms with van der Waals surface area (Å²) in [6.45, 7) is 2.93. The van der Waals surface area contributed by atoms with Gasteiger partial charge in [-0.1, -0.05) is 47.5 Å². The maximum Gasteiger partial charge on any atom is 0.253 e. The van der Waals surface area contributed by atoms with Gasteiger partial charge in [-0.15, -0.1) is 0 Å². The number of nitrogens with zero attached hydrogens (tertiary/aromatic N) is 1. The van der Waals surface area contributed by atoms with E-state index in [2.05, 4.69) is 10.6 Å². The molecule has 0 spiro atoms. The Labute approximate surface area is 168 Å². The summed E-state index contributed by atoms with van der Waals surface area (Å²) in [5, 5.41) is 6.63. The number of likely N-dealkylation sites (tertiary alicyclic amines) is 1. The molecular formula is C20H21Cl2N3O2. The molecule has 142 valence electrons. The van der Waals surface area contributed by atoms with Gasteiger partial charge in [-0.25, -0.2) is 0 Å². The lowest BCUT2D eigenvalue weighted by molar-refractivity contribution is -0.131. The minimum absolute atomic E-state index is 0.112. The maximum atomic E-state index is 12.7. The van der Waals surface area contributed by atoms with Crippen molar-refractivity contribution in [3.63, 3.8) is 0 Å². The first-order valence-corrected chi connectivity index (χ1v) is 9.56. The molecule has 1 saturated heterocycles. The molecule has 2 aromatic rings. The highest BCUT2D eigenvalue weighted by Gasteiger charge is 2.30. The molecule has 0 aliphatic carbocycles. The van der Waals surface area contributed by atoms with Crippen molar-refractivity contribution in [3.05, 3.63) is 64.1 Å². The molecule has 0 aromatic heterocycles. The van der Waals surface area contributed by atoms with Gasteiger partial charge in [0.1, 0.15) is 6.04 Å². The molecule has 2 unspecified atom stereocenters. The van der Waals surface area contributed by atoms with E-state index in [4.69, 9.17) is 23.2 Å².